The van der Waals surface area contributed by atoms with E-state index in [1.54, 1.807) is 11.6 Å². The molecular weight excluding hydrogens is 352 g/mol. The number of esters is 1. The van der Waals surface area contributed by atoms with E-state index in [-0.39, 0.29) is 17.5 Å². The number of hydrogen-bond donors (Lipinski definition) is 1. The molecule has 0 bridgehead atoms. The third-order valence-electron chi connectivity index (χ3n) is 3.04. The Balaban J connectivity index is 1.79. The molecule has 0 atom stereocenters. The number of aromatic amines is 1. The molecule has 0 unspecified atom stereocenters. The van der Waals surface area contributed by atoms with Crippen molar-refractivity contribution in [2.24, 2.45) is 0 Å². The lowest BCUT2D eigenvalue weighted by Gasteiger charge is -2.04. The summed E-state index contributed by atoms with van der Waals surface area (Å²) >= 11 is 2.60. The van der Waals surface area contributed by atoms with Crippen molar-refractivity contribution in [3.8, 4) is 0 Å². The van der Waals surface area contributed by atoms with E-state index in [9.17, 15) is 14.4 Å². The minimum atomic E-state index is -0.470. The molecule has 0 fully saturated rings. The van der Waals surface area contributed by atoms with Crippen LogP contribution in [-0.4, -0.2) is 32.4 Å². The van der Waals surface area contributed by atoms with Crippen LogP contribution in [0.1, 0.15) is 11.4 Å². The lowest BCUT2D eigenvalue weighted by Crippen LogP contribution is -2.14. The van der Waals surface area contributed by atoms with Crippen LogP contribution >= 0.6 is 23.1 Å². The van der Waals surface area contributed by atoms with Crippen LogP contribution in [0.2, 0.25) is 0 Å². The van der Waals surface area contributed by atoms with Crippen molar-refractivity contribution in [3.63, 3.8) is 0 Å². The largest absolute Gasteiger partial charge is 0.469 e. The fraction of sp³-hybridized carbons (Fsp3) is 0.214. The Morgan fingerprint density at radius 3 is 2.96 bits per heavy atom. The van der Waals surface area contributed by atoms with Gasteiger partial charge in [0, 0.05) is 29.5 Å². The van der Waals surface area contributed by atoms with Crippen molar-refractivity contribution in [1.29, 1.82) is 0 Å². The third-order valence-corrected chi connectivity index (χ3v) is 4.70. The van der Waals surface area contributed by atoms with Crippen LogP contribution < -0.4 is 11.1 Å². The maximum Gasteiger partial charge on any atom is 0.311 e. The van der Waals surface area contributed by atoms with Crippen LogP contribution in [0, 0.1) is 0 Å². The molecule has 0 saturated heterocycles. The summed E-state index contributed by atoms with van der Waals surface area (Å²) in [5, 5.41) is 2.14. The van der Waals surface area contributed by atoms with Crippen molar-refractivity contribution < 1.29 is 9.53 Å². The lowest BCUT2D eigenvalue weighted by atomic mass is 10.3. The second-order valence-electron chi connectivity index (χ2n) is 4.72. The van der Waals surface area contributed by atoms with Crippen LogP contribution in [0.4, 0.5) is 0 Å². The van der Waals surface area contributed by atoms with Gasteiger partial charge in [0.05, 0.1) is 24.9 Å². The summed E-state index contributed by atoms with van der Waals surface area (Å²) in [6, 6.07) is 2.70. The number of rotatable bonds is 5. The zero-order chi connectivity index (χ0) is 17.1. The molecule has 3 aromatic rings. The van der Waals surface area contributed by atoms with E-state index in [1.807, 2.05) is 0 Å². The second kappa shape index (κ2) is 6.97. The highest BCUT2D eigenvalue weighted by Crippen LogP contribution is 2.18. The molecule has 124 valence electrons. The molecule has 0 aliphatic carbocycles. The Kier molecular flexibility index (Phi) is 4.76. The monoisotopic (exact) mass is 364 g/mol. The Hall–Kier alpha value is -2.46. The number of fused-ring (bicyclic) bond motifs is 1. The molecule has 0 spiro atoms. The molecule has 0 radical (unpaired) electrons. The molecule has 0 amide bonds. The molecule has 10 heteroatoms. The zero-order valence-corrected chi connectivity index (χ0v) is 14.1. The van der Waals surface area contributed by atoms with Crippen molar-refractivity contribution in [2.75, 3.05) is 7.11 Å². The number of ether oxygens (including phenoxy) is 1. The quantitative estimate of drug-likeness (QED) is 0.406. The number of carbonyl (C=O) groups excluding carboxylic acids is 1. The van der Waals surface area contributed by atoms with Crippen molar-refractivity contribution in [3.05, 3.63) is 55.8 Å². The van der Waals surface area contributed by atoms with Crippen molar-refractivity contribution >= 4 is 34.0 Å². The Bertz CT molecular complexity index is 1010. The summed E-state index contributed by atoms with van der Waals surface area (Å²) in [6.45, 7) is 0. The number of carbonyl (C=O) groups is 1. The normalized spacial score (nSPS) is 10.9. The summed E-state index contributed by atoms with van der Waals surface area (Å²) in [5.74, 6) is -0.101. The van der Waals surface area contributed by atoms with Crippen LogP contribution in [-0.2, 0) is 21.7 Å². The van der Waals surface area contributed by atoms with Crippen LogP contribution in [0.5, 0.6) is 0 Å². The van der Waals surface area contributed by atoms with Gasteiger partial charge in [0.1, 0.15) is 0 Å². The Morgan fingerprint density at radius 2 is 2.17 bits per heavy atom. The van der Waals surface area contributed by atoms with E-state index in [1.165, 1.54) is 46.7 Å². The average Bonchev–Trinajstić information content (AvgIpc) is 3.01. The van der Waals surface area contributed by atoms with Gasteiger partial charge in [0.15, 0.2) is 10.1 Å². The predicted molar refractivity (Wildman–Crippen MR) is 89.5 cm³/mol. The Morgan fingerprint density at radius 1 is 1.33 bits per heavy atom. The Labute approximate surface area is 143 Å². The molecule has 0 aromatic carbocycles. The number of methoxy groups -OCH3 is 1. The molecule has 3 heterocycles. The van der Waals surface area contributed by atoms with Gasteiger partial charge in [-0.05, 0) is 0 Å². The highest BCUT2D eigenvalue weighted by molar-refractivity contribution is 7.98. The first kappa shape index (κ1) is 16.4. The van der Waals surface area contributed by atoms with Gasteiger partial charge in [0.2, 0.25) is 0 Å². The molecule has 0 aliphatic heterocycles. The number of thiazole rings is 1. The lowest BCUT2D eigenvalue weighted by molar-refractivity contribution is -0.139. The summed E-state index contributed by atoms with van der Waals surface area (Å²) in [7, 11) is 1.27. The van der Waals surface area contributed by atoms with E-state index in [0.29, 0.717) is 27.3 Å². The summed E-state index contributed by atoms with van der Waals surface area (Å²) < 4.78 is 6.03. The SMILES string of the molecule is COC(=O)Cc1cc(=O)[nH]c(SCc2cc(=O)n3ccsc3n2)n1. The first-order chi connectivity index (χ1) is 11.5. The molecule has 8 nitrogen and oxygen atoms in total. The number of nitrogens with one attached hydrogen (secondary N) is 1. The maximum atomic E-state index is 11.9. The molecule has 0 saturated carbocycles. The van der Waals surface area contributed by atoms with Gasteiger partial charge in [-0.2, -0.15) is 0 Å². The van der Waals surface area contributed by atoms with E-state index in [2.05, 4.69) is 19.7 Å². The molecular formula is C14H12N4O4S2. The topological polar surface area (TPSA) is 106 Å². The van der Waals surface area contributed by atoms with Gasteiger partial charge >= 0.3 is 5.97 Å². The minimum absolute atomic E-state index is 0.0747. The zero-order valence-electron chi connectivity index (χ0n) is 12.5. The number of H-pyrrole nitrogens is 1. The van der Waals surface area contributed by atoms with Gasteiger partial charge in [-0.15, -0.1) is 11.3 Å². The molecule has 3 rings (SSSR count). The second-order valence-corrected chi connectivity index (χ2v) is 6.56. The van der Waals surface area contributed by atoms with E-state index in [4.69, 9.17) is 0 Å². The van der Waals surface area contributed by atoms with Crippen molar-refractivity contribution in [1.82, 2.24) is 19.4 Å². The van der Waals surface area contributed by atoms with Gasteiger partial charge in [-0.1, -0.05) is 11.8 Å². The number of aromatic nitrogens is 4. The van der Waals surface area contributed by atoms with Gasteiger partial charge in [-0.3, -0.25) is 18.8 Å². The molecule has 24 heavy (non-hydrogen) atoms. The maximum absolute atomic E-state index is 11.9. The summed E-state index contributed by atoms with van der Waals surface area (Å²) in [5.41, 5.74) is 0.411. The van der Waals surface area contributed by atoms with Crippen LogP contribution in [0.25, 0.3) is 4.96 Å². The summed E-state index contributed by atoms with van der Waals surface area (Å²) in [4.78, 5) is 46.7. The molecule has 0 aliphatic rings. The average molecular weight is 364 g/mol. The minimum Gasteiger partial charge on any atom is -0.469 e. The van der Waals surface area contributed by atoms with E-state index < -0.39 is 5.97 Å². The first-order valence-electron chi connectivity index (χ1n) is 6.81. The fourth-order valence-corrected chi connectivity index (χ4v) is 3.49. The van der Waals surface area contributed by atoms with Gasteiger partial charge < -0.3 is 9.72 Å². The third kappa shape index (κ3) is 3.71. The van der Waals surface area contributed by atoms with E-state index >= 15 is 0 Å². The van der Waals surface area contributed by atoms with E-state index in [0.717, 1.165) is 0 Å². The highest BCUT2D eigenvalue weighted by Gasteiger charge is 2.09. The predicted octanol–water partition coefficient (Wildman–Crippen LogP) is 0.847. The van der Waals surface area contributed by atoms with Crippen molar-refractivity contribution in [2.45, 2.75) is 17.3 Å². The fourth-order valence-electron chi connectivity index (χ4n) is 1.97. The molecule has 3 aromatic heterocycles. The van der Waals surface area contributed by atoms with Gasteiger partial charge in [-0.25, -0.2) is 9.97 Å². The number of hydrogen-bond acceptors (Lipinski definition) is 8. The smallest absolute Gasteiger partial charge is 0.311 e. The standard InChI is InChI=1S/C14H12N4O4S2/c1-22-12(21)6-8-4-10(19)17-13(15-8)24-7-9-5-11(20)18-2-3-23-14(18)16-9/h2-5H,6-7H2,1H3,(H,15,17,19). The molecule has 1 N–H and O–H groups in total. The van der Waals surface area contributed by atoms with Crippen LogP contribution in [0.15, 0.2) is 38.5 Å². The van der Waals surface area contributed by atoms with Crippen LogP contribution in [0.3, 0.4) is 0 Å². The summed E-state index contributed by atoms with van der Waals surface area (Å²) in [6.07, 6.45) is 1.59. The number of nitrogens with zero attached hydrogens (tertiary/aromatic N) is 3. The number of thioether (sulfide) groups is 1. The highest BCUT2D eigenvalue weighted by atomic mass is 32.2. The van der Waals surface area contributed by atoms with Gasteiger partial charge in [0.25, 0.3) is 11.1 Å². The first-order valence-corrected chi connectivity index (χ1v) is 8.67.